The zero-order valence-corrected chi connectivity index (χ0v) is 11.4. The molecule has 8 heteroatoms. The second-order valence-corrected chi connectivity index (χ2v) is 4.52. The Hall–Kier alpha value is -2.18. The van der Waals surface area contributed by atoms with E-state index in [1.54, 1.807) is 0 Å². The minimum Gasteiger partial charge on any atom is -0.322 e. The van der Waals surface area contributed by atoms with Crippen molar-refractivity contribution in [2.24, 2.45) is 0 Å². The summed E-state index contributed by atoms with van der Waals surface area (Å²) in [6.07, 6.45) is 1.29. The van der Waals surface area contributed by atoms with Crippen LogP contribution in [0.2, 0.25) is 10.2 Å². The molecule has 0 spiro atoms. The monoisotopic (exact) mass is 311 g/mol. The van der Waals surface area contributed by atoms with E-state index in [4.69, 9.17) is 23.2 Å². The van der Waals surface area contributed by atoms with E-state index < -0.39 is 10.8 Å². The molecule has 0 unspecified atom stereocenters. The number of carbonyl (C=O) groups is 1. The van der Waals surface area contributed by atoms with Gasteiger partial charge in [-0.2, -0.15) is 0 Å². The predicted molar refractivity (Wildman–Crippen MR) is 75.3 cm³/mol. The first kappa shape index (κ1) is 14.2. The van der Waals surface area contributed by atoms with E-state index in [0.29, 0.717) is 5.69 Å². The van der Waals surface area contributed by atoms with Gasteiger partial charge in [0.1, 0.15) is 5.15 Å². The lowest BCUT2D eigenvalue weighted by molar-refractivity contribution is -0.384. The summed E-state index contributed by atoms with van der Waals surface area (Å²) in [6, 6.07) is 6.84. The number of hydrogen-bond donors (Lipinski definition) is 1. The maximum absolute atomic E-state index is 11.9. The van der Waals surface area contributed by atoms with Gasteiger partial charge in [0.2, 0.25) is 0 Å². The molecule has 6 nitrogen and oxygen atoms in total. The number of hydrogen-bond acceptors (Lipinski definition) is 4. The topological polar surface area (TPSA) is 85.1 Å². The fourth-order valence-electron chi connectivity index (χ4n) is 1.42. The fraction of sp³-hybridized carbons (Fsp3) is 0. The van der Waals surface area contributed by atoms with Gasteiger partial charge >= 0.3 is 0 Å². The molecule has 0 aliphatic carbocycles. The van der Waals surface area contributed by atoms with Crippen molar-refractivity contribution < 1.29 is 9.72 Å². The molecule has 1 heterocycles. The van der Waals surface area contributed by atoms with Crippen LogP contribution < -0.4 is 5.32 Å². The van der Waals surface area contributed by atoms with Crippen molar-refractivity contribution in [3.8, 4) is 0 Å². The Bertz CT molecular complexity index is 674. The van der Waals surface area contributed by atoms with Gasteiger partial charge in [0.25, 0.3) is 11.6 Å². The van der Waals surface area contributed by atoms with Crippen LogP contribution in [0.4, 0.5) is 11.4 Å². The molecule has 2 aromatic rings. The average Bonchev–Trinajstić information content (AvgIpc) is 2.42. The van der Waals surface area contributed by atoms with Crippen LogP contribution in [0, 0.1) is 10.1 Å². The van der Waals surface area contributed by atoms with Crippen LogP contribution in [0.3, 0.4) is 0 Å². The van der Waals surface area contributed by atoms with Gasteiger partial charge in [0.15, 0.2) is 0 Å². The summed E-state index contributed by atoms with van der Waals surface area (Å²) in [4.78, 5) is 25.7. The normalized spacial score (nSPS) is 10.1. The molecule has 1 amide bonds. The van der Waals surface area contributed by atoms with Gasteiger partial charge in [-0.1, -0.05) is 23.2 Å². The van der Waals surface area contributed by atoms with Gasteiger partial charge in [-0.25, -0.2) is 4.98 Å². The van der Waals surface area contributed by atoms with E-state index in [2.05, 4.69) is 10.3 Å². The van der Waals surface area contributed by atoms with Gasteiger partial charge in [0, 0.05) is 24.0 Å². The fourth-order valence-corrected chi connectivity index (χ4v) is 1.68. The van der Waals surface area contributed by atoms with Gasteiger partial charge in [-0.3, -0.25) is 14.9 Å². The van der Waals surface area contributed by atoms with E-state index in [1.807, 2.05) is 0 Å². The average molecular weight is 312 g/mol. The summed E-state index contributed by atoms with van der Waals surface area (Å²) >= 11 is 11.4. The van der Waals surface area contributed by atoms with Crippen LogP contribution in [-0.2, 0) is 0 Å². The summed E-state index contributed by atoms with van der Waals surface area (Å²) in [6.45, 7) is 0. The van der Waals surface area contributed by atoms with E-state index in [-0.39, 0.29) is 21.4 Å². The number of nitrogens with zero attached hydrogens (tertiary/aromatic N) is 2. The van der Waals surface area contributed by atoms with Gasteiger partial charge < -0.3 is 5.32 Å². The first-order valence-electron chi connectivity index (χ1n) is 5.34. The first-order chi connectivity index (χ1) is 9.47. The number of amides is 1. The van der Waals surface area contributed by atoms with Crippen LogP contribution in [0.1, 0.15) is 10.4 Å². The van der Waals surface area contributed by atoms with Crippen molar-refractivity contribution in [3.05, 3.63) is 62.4 Å². The molecular formula is C12H7Cl2N3O3. The molecule has 20 heavy (non-hydrogen) atoms. The SMILES string of the molecule is O=C(Nc1ccc([N+](=O)[O-])cc1)c1cnc(Cl)c(Cl)c1. The Balaban J connectivity index is 2.14. The summed E-state index contributed by atoms with van der Waals surface area (Å²) in [7, 11) is 0. The number of nitrogens with one attached hydrogen (secondary N) is 1. The number of aromatic nitrogens is 1. The van der Waals surface area contributed by atoms with E-state index in [9.17, 15) is 14.9 Å². The largest absolute Gasteiger partial charge is 0.322 e. The van der Waals surface area contributed by atoms with Crippen molar-refractivity contribution in [2.45, 2.75) is 0 Å². The smallest absolute Gasteiger partial charge is 0.269 e. The third-order valence-electron chi connectivity index (χ3n) is 2.39. The lowest BCUT2D eigenvalue weighted by Crippen LogP contribution is -2.12. The quantitative estimate of drug-likeness (QED) is 0.533. The molecule has 1 N–H and O–H groups in total. The van der Waals surface area contributed by atoms with Crippen LogP contribution in [0.5, 0.6) is 0 Å². The predicted octanol–water partition coefficient (Wildman–Crippen LogP) is 3.55. The molecule has 1 aromatic heterocycles. The van der Waals surface area contributed by atoms with Crippen molar-refractivity contribution in [3.63, 3.8) is 0 Å². The molecule has 0 aliphatic heterocycles. The maximum Gasteiger partial charge on any atom is 0.269 e. The molecule has 2 rings (SSSR count). The number of rotatable bonds is 3. The van der Waals surface area contributed by atoms with Crippen LogP contribution >= 0.6 is 23.2 Å². The molecule has 0 radical (unpaired) electrons. The number of halogens is 2. The van der Waals surface area contributed by atoms with E-state index in [0.717, 1.165) is 0 Å². The number of pyridine rings is 1. The molecular weight excluding hydrogens is 305 g/mol. The number of benzene rings is 1. The molecule has 0 atom stereocenters. The Morgan fingerprint density at radius 1 is 1.25 bits per heavy atom. The summed E-state index contributed by atoms with van der Waals surface area (Å²) < 4.78 is 0. The van der Waals surface area contributed by atoms with Crippen molar-refractivity contribution >= 4 is 40.5 Å². The maximum atomic E-state index is 11.9. The van der Waals surface area contributed by atoms with Crippen molar-refractivity contribution in [2.75, 3.05) is 5.32 Å². The Morgan fingerprint density at radius 2 is 1.90 bits per heavy atom. The van der Waals surface area contributed by atoms with Gasteiger partial charge in [-0.05, 0) is 18.2 Å². The van der Waals surface area contributed by atoms with Crippen LogP contribution in [-0.4, -0.2) is 15.8 Å². The second-order valence-electron chi connectivity index (χ2n) is 3.75. The molecule has 0 fully saturated rings. The van der Waals surface area contributed by atoms with E-state index >= 15 is 0 Å². The van der Waals surface area contributed by atoms with Gasteiger partial charge in [0.05, 0.1) is 15.5 Å². The Morgan fingerprint density at radius 3 is 2.45 bits per heavy atom. The number of nitro groups is 1. The Labute approximate surface area is 123 Å². The van der Waals surface area contributed by atoms with Crippen molar-refractivity contribution in [1.29, 1.82) is 0 Å². The molecule has 0 saturated carbocycles. The molecule has 1 aromatic carbocycles. The highest BCUT2D eigenvalue weighted by molar-refractivity contribution is 6.41. The highest BCUT2D eigenvalue weighted by Crippen LogP contribution is 2.21. The minimum absolute atomic E-state index is 0.0563. The van der Waals surface area contributed by atoms with Crippen LogP contribution in [0.15, 0.2) is 36.5 Å². The summed E-state index contributed by atoms with van der Waals surface area (Å²) in [5.74, 6) is -0.440. The molecule has 102 valence electrons. The zero-order valence-electron chi connectivity index (χ0n) is 9.84. The molecule has 0 bridgehead atoms. The molecule has 0 aliphatic rings. The zero-order chi connectivity index (χ0) is 14.7. The summed E-state index contributed by atoms with van der Waals surface area (Å²) in [5.41, 5.74) is 0.601. The lowest BCUT2D eigenvalue weighted by atomic mass is 10.2. The van der Waals surface area contributed by atoms with Crippen molar-refractivity contribution in [1.82, 2.24) is 4.98 Å². The highest BCUT2D eigenvalue weighted by atomic mass is 35.5. The number of nitro benzene ring substituents is 1. The Kier molecular flexibility index (Phi) is 4.16. The van der Waals surface area contributed by atoms with Crippen LogP contribution in [0.25, 0.3) is 0 Å². The summed E-state index contributed by atoms with van der Waals surface area (Å²) in [5, 5.41) is 13.4. The second kappa shape index (κ2) is 5.85. The third kappa shape index (κ3) is 3.23. The van der Waals surface area contributed by atoms with E-state index in [1.165, 1.54) is 36.5 Å². The lowest BCUT2D eigenvalue weighted by Gasteiger charge is -2.05. The highest BCUT2D eigenvalue weighted by Gasteiger charge is 2.10. The minimum atomic E-state index is -0.519. The standard InChI is InChI=1S/C12H7Cl2N3O3/c13-10-5-7(6-15-11(10)14)12(18)16-8-1-3-9(4-2-8)17(19)20/h1-6H,(H,16,18). The number of anilines is 1. The molecule has 0 saturated heterocycles. The third-order valence-corrected chi connectivity index (χ3v) is 3.08. The number of non-ortho nitro benzene ring substituents is 1. The number of carbonyl (C=O) groups excluding carboxylic acids is 1. The van der Waals surface area contributed by atoms with Gasteiger partial charge in [-0.15, -0.1) is 0 Å². The first-order valence-corrected chi connectivity index (χ1v) is 6.10.